The minimum absolute atomic E-state index is 0.0883. The lowest BCUT2D eigenvalue weighted by molar-refractivity contribution is -0.139. The van der Waals surface area contributed by atoms with Crippen molar-refractivity contribution in [1.29, 1.82) is 0 Å². The van der Waals surface area contributed by atoms with E-state index in [1.807, 2.05) is 0 Å². The summed E-state index contributed by atoms with van der Waals surface area (Å²) in [5.74, 6) is -1.60. The summed E-state index contributed by atoms with van der Waals surface area (Å²) in [7, 11) is 0. The number of carbonyl (C=O) groups is 1. The van der Waals surface area contributed by atoms with Crippen LogP contribution in [0.1, 0.15) is 22.4 Å². The molecule has 0 radical (unpaired) electrons. The molecular formula is C23H21F6N5O3. The number of hydrogen-bond donors (Lipinski definition) is 1. The summed E-state index contributed by atoms with van der Waals surface area (Å²) >= 11 is 0. The molecule has 0 spiro atoms. The SMILES string of the molecule is O=C(Nc1ccc(F)c(C(F)(F)F)c1)N1CCc2nn3c(c2C1)-c1nocc1C[C@@H](COCC(F)F)C3. The fourth-order valence-corrected chi connectivity index (χ4v) is 4.67. The first-order valence-corrected chi connectivity index (χ1v) is 11.4. The van der Waals surface area contributed by atoms with E-state index in [1.54, 1.807) is 4.68 Å². The van der Waals surface area contributed by atoms with Gasteiger partial charge in [0.2, 0.25) is 0 Å². The number of hydrogen-bond acceptors (Lipinski definition) is 5. The van der Waals surface area contributed by atoms with E-state index < -0.39 is 36.6 Å². The molecule has 4 heterocycles. The van der Waals surface area contributed by atoms with Gasteiger partial charge >= 0.3 is 12.2 Å². The Morgan fingerprint density at radius 1 is 1.30 bits per heavy atom. The van der Waals surface area contributed by atoms with E-state index >= 15 is 0 Å². The Bertz CT molecular complexity index is 1300. The van der Waals surface area contributed by atoms with Crippen molar-refractivity contribution in [3.05, 3.63) is 52.7 Å². The molecule has 0 saturated heterocycles. The highest BCUT2D eigenvalue weighted by Gasteiger charge is 2.36. The van der Waals surface area contributed by atoms with Crippen molar-refractivity contribution in [3.63, 3.8) is 0 Å². The van der Waals surface area contributed by atoms with Gasteiger partial charge in [0.1, 0.15) is 24.4 Å². The number of aromatic nitrogens is 3. The Balaban J connectivity index is 1.36. The summed E-state index contributed by atoms with van der Waals surface area (Å²) < 4.78 is 89.8. The van der Waals surface area contributed by atoms with Gasteiger partial charge in [-0.25, -0.2) is 18.0 Å². The van der Waals surface area contributed by atoms with Crippen LogP contribution in [0.2, 0.25) is 0 Å². The molecule has 0 unspecified atom stereocenters. The van der Waals surface area contributed by atoms with Crippen LogP contribution in [0.4, 0.5) is 36.8 Å². The van der Waals surface area contributed by atoms with Crippen LogP contribution >= 0.6 is 0 Å². The second kappa shape index (κ2) is 9.72. The first-order chi connectivity index (χ1) is 17.6. The van der Waals surface area contributed by atoms with Gasteiger partial charge in [0, 0.05) is 42.2 Å². The lowest BCUT2D eigenvalue weighted by Gasteiger charge is -2.27. The monoisotopic (exact) mass is 529 g/mol. The number of ether oxygens (including phenoxy) is 1. The Labute approximate surface area is 206 Å². The highest BCUT2D eigenvalue weighted by molar-refractivity contribution is 5.89. The van der Waals surface area contributed by atoms with Gasteiger partial charge in [-0.3, -0.25) is 4.68 Å². The van der Waals surface area contributed by atoms with E-state index in [0.717, 1.165) is 17.3 Å². The molecule has 37 heavy (non-hydrogen) atoms. The normalized spacial score (nSPS) is 17.3. The highest BCUT2D eigenvalue weighted by atomic mass is 19.4. The molecule has 0 aliphatic carbocycles. The topological polar surface area (TPSA) is 85.4 Å². The number of nitrogens with one attached hydrogen (secondary N) is 1. The molecule has 0 saturated carbocycles. The molecule has 2 aliphatic heterocycles. The summed E-state index contributed by atoms with van der Waals surface area (Å²) in [5, 5.41) is 11.2. The van der Waals surface area contributed by atoms with Gasteiger partial charge in [0.15, 0.2) is 0 Å². The Hall–Kier alpha value is -3.55. The quantitative estimate of drug-likeness (QED) is 0.483. The highest BCUT2D eigenvalue weighted by Crippen LogP contribution is 2.37. The fraction of sp³-hybridized carbons (Fsp3) is 0.435. The standard InChI is InChI=1S/C23H21F6N5O3/c24-17-2-1-14(6-16(17)23(27,28)29)30-22(35)33-4-3-18-15(8-33)21-20-13(10-37-32-20)5-12(7-34(21)31-18)9-36-11-19(25)26/h1-2,6,10,12,19H,3-5,7-9,11H2,(H,30,35)/t12-/m1/s1. The minimum Gasteiger partial charge on any atom is -0.375 e. The largest absolute Gasteiger partial charge is 0.419 e. The maximum atomic E-state index is 13.6. The molecule has 198 valence electrons. The lowest BCUT2D eigenvalue weighted by Crippen LogP contribution is -2.38. The van der Waals surface area contributed by atoms with Crippen LogP contribution in [0.3, 0.4) is 0 Å². The molecule has 2 aromatic heterocycles. The van der Waals surface area contributed by atoms with Gasteiger partial charge in [-0.05, 0) is 24.6 Å². The molecule has 5 rings (SSSR count). The molecule has 3 aromatic rings. The number of carbonyl (C=O) groups excluding carboxylic acids is 1. The number of amides is 2. The van der Waals surface area contributed by atoms with E-state index in [-0.39, 0.29) is 31.3 Å². The number of halogens is 6. The Kier molecular flexibility index (Phi) is 6.60. The minimum atomic E-state index is -4.90. The second-order valence-electron chi connectivity index (χ2n) is 8.94. The molecule has 1 atom stereocenters. The molecule has 8 nitrogen and oxygen atoms in total. The van der Waals surface area contributed by atoms with Crippen molar-refractivity contribution >= 4 is 11.7 Å². The van der Waals surface area contributed by atoms with Crippen molar-refractivity contribution in [2.75, 3.05) is 25.1 Å². The van der Waals surface area contributed by atoms with Crippen LogP contribution in [0, 0.1) is 11.7 Å². The number of fused-ring (bicyclic) bond motifs is 5. The molecule has 14 heteroatoms. The lowest BCUT2D eigenvalue weighted by atomic mass is 9.99. The van der Waals surface area contributed by atoms with Crippen molar-refractivity contribution in [2.24, 2.45) is 5.92 Å². The van der Waals surface area contributed by atoms with Gasteiger partial charge in [0.05, 0.1) is 30.1 Å². The summed E-state index contributed by atoms with van der Waals surface area (Å²) in [6.45, 7) is 0.144. The molecule has 1 aromatic carbocycles. The molecule has 2 amide bonds. The first-order valence-electron chi connectivity index (χ1n) is 11.4. The summed E-state index contributed by atoms with van der Waals surface area (Å²) in [6, 6.07) is 1.60. The van der Waals surface area contributed by atoms with Crippen molar-refractivity contribution in [3.8, 4) is 11.4 Å². The number of urea groups is 1. The van der Waals surface area contributed by atoms with Gasteiger partial charge in [0.25, 0.3) is 6.43 Å². The number of anilines is 1. The van der Waals surface area contributed by atoms with Crippen molar-refractivity contribution < 1.29 is 40.4 Å². The predicted octanol–water partition coefficient (Wildman–Crippen LogP) is 4.74. The average Bonchev–Trinajstić information content (AvgIpc) is 3.38. The van der Waals surface area contributed by atoms with Crippen LogP contribution < -0.4 is 5.32 Å². The van der Waals surface area contributed by atoms with Gasteiger partial charge < -0.3 is 19.5 Å². The zero-order valence-corrected chi connectivity index (χ0v) is 19.2. The molecule has 2 aliphatic rings. The second-order valence-corrected chi connectivity index (χ2v) is 8.94. The van der Waals surface area contributed by atoms with E-state index in [0.29, 0.717) is 48.5 Å². The van der Waals surface area contributed by atoms with Gasteiger partial charge in [-0.2, -0.15) is 18.3 Å². The molecular weight excluding hydrogens is 508 g/mol. The van der Waals surface area contributed by atoms with E-state index in [4.69, 9.17) is 9.26 Å². The number of benzene rings is 1. The third-order valence-corrected chi connectivity index (χ3v) is 6.32. The van der Waals surface area contributed by atoms with Crippen LogP contribution in [-0.4, -0.2) is 52.1 Å². The van der Waals surface area contributed by atoms with Gasteiger partial charge in [-0.15, -0.1) is 0 Å². The molecule has 1 N–H and O–H groups in total. The Morgan fingerprint density at radius 2 is 2.11 bits per heavy atom. The Morgan fingerprint density at radius 3 is 2.86 bits per heavy atom. The number of nitrogens with zero attached hydrogens (tertiary/aromatic N) is 4. The van der Waals surface area contributed by atoms with E-state index in [9.17, 15) is 31.1 Å². The summed E-state index contributed by atoms with van der Waals surface area (Å²) in [4.78, 5) is 14.3. The van der Waals surface area contributed by atoms with Crippen LogP contribution in [-0.2, 0) is 36.8 Å². The smallest absolute Gasteiger partial charge is 0.375 e. The zero-order valence-electron chi connectivity index (χ0n) is 19.2. The maximum absolute atomic E-state index is 13.6. The average molecular weight is 529 g/mol. The third-order valence-electron chi connectivity index (χ3n) is 6.32. The fourth-order valence-electron chi connectivity index (χ4n) is 4.67. The van der Waals surface area contributed by atoms with Crippen LogP contribution in [0.25, 0.3) is 11.4 Å². The molecule has 0 bridgehead atoms. The van der Waals surface area contributed by atoms with E-state index in [1.165, 1.54) is 11.2 Å². The third kappa shape index (κ3) is 5.15. The summed E-state index contributed by atoms with van der Waals surface area (Å²) in [6.07, 6.45) is -5.16. The van der Waals surface area contributed by atoms with E-state index in [2.05, 4.69) is 15.6 Å². The summed E-state index contributed by atoms with van der Waals surface area (Å²) in [5.41, 5.74) is 1.68. The van der Waals surface area contributed by atoms with Gasteiger partial charge in [-0.1, -0.05) is 5.16 Å². The molecule has 0 fully saturated rings. The van der Waals surface area contributed by atoms with Crippen LogP contribution in [0.5, 0.6) is 0 Å². The van der Waals surface area contributed by atoms with Crippen LogP contribution in [0.15, 0.2) is 29.0 Å². The van der Waals surface area contributed by atoms with Crippen molar-refractivity contribution in [1.82, 2.24) is 19.8 Å². The number of alkyl halides is 5. The zero-order chi connectivity index (χ0) is 26.3. The van der Waals surface area contributed by atoms with Crippen molar-refractivity contribution in [2.45, 2.75) is 38.5 Å². The number of rotatable bonds is 5. The predicted molar refractivity (Wildman–Crippen MR) is 116 cm³/mol. The maximum Gasteiger partial charge on any atom is 0.419 e. The first kappa shape index (κ1) is 25.1.